The van der Waals surface area contributed by atoms with Crippen LogP contribution in [0.2, 0.25) is 0 Å². The first kappa shape index (κ1) is 10.2. The summed E-state index contributed by atoms with van der Waals surface area (Å²) < 4.78 is 0. The second kappa shape index (κ2) is 4.15. The van der Waals surface area contributed by atoms with Crippen molar-refractivity contribution >= 4 is 5.96 Å². The molecule has 0 amide bonds. The first-order valence-corrected chi connectivity index (χ1v) is 3.51. The lowest BCUT2D eigenvalue weighted by Crippen LogP contribution is -2.39. The van der Waals surface area contributed by atoms with Gasteiger partial charge in [0, 0.05) is 0 Å². The van der Waals surface area contributed by atoms with Gasteiger partial charge in [-0.1, -0.05) is 6.92 Å². The van der Waals surface area contributed by atoms with Crippen molar-refractivity contribution in [3.05, 3.63) is 0 Å². The fraction of sp³-hybridized carbons (Fsp3) is 0.833. The van der Waals surface area contributed by atoms with Gasteiger partial charge in [0.1, 0.15) is 0 Å². The standard InChI is InChI=1S/C6H16N4O/c1-3-6(2,11)4-9-5(7)10-8/h11H,3-4,8H2,1-2H3,(H3,7,9,10). The van der Waals surface area contributed by atoms with E-state index in [2.05, 4.69) is 10.4 Å². The van der Waals surface area contributed by atoms with Crippen molar-refractivity contribution in [3.8, 4) is 0 Å². The summed E-state index contributed by atoms with van der Waals surface area (Å²) in [6, 6.07) is 0. The van der Waals surface area contributed by atoms with Gasteiger partial charge >= 0.3 is 0 Å². The summed E-state index contributed by atoms with van der Waals surface area (Å²) in [6.45, 7) is 3.83. The summed E-state index contributed by atoms with van der Waals surface area (Å²) >= 11 is 0. The van der Waals surface area contributed by atoms with E-state index in [1.165, 1.54) is 0 Å². The Labute approximate surface area is 66.5 Å². The van der Waals surface area contributed by atoms with Gasteiger partial charge in [0.25, 0.3) is 0 Å². The molecule has 0 saturated heterocycles. The molecule has 0 aliphatic heterocycles. The van der Waals surface area contributed by atoms with Crippen LogP contribution in [0.5, 0.6) is 0 Å². The van der Waals surface area contributed by atoms with Crippen LogP contribution in [0.25, 0.3) is 0 Å². The highest BCUT2D eigenvalue weighted by atomic mass is 16.3. The van der Waals surface area contributed by atoms with Gasteiger partial charge in [0.2, 0.25) is 5.96 Å². The van der Waals surface area contributed by atoms with E-state index in [4.69, 9.17) is 11.6 Å². The molecule has 0 aromatic carbocycles. The molecule has 0 fully saturated rings. The minimum atomic E-state index is -0.790. The number of guanidine groups is 1. The lowest BCUT2D eigenvalue weighted by atomic mass is 10.1. The molecular weight excluding hydrogens is 144 g/mol. The maximum absolute atomic E-state index is 9.44. The quantitative estimate of drug-likeness (QED) is 0.183. The monoisotopic (exact) mass is 160 g/mol. The Morgan fingerprint density at radius 1 is 1.73 bits per heavy atom. The van der Waals surface area contributed by atoms with Gasteiger partial charge in [-0.05, 0) is 13.3 Å². The zero-order valence-electron chi connectivity index (χ0n) is 6.96. The third-order valence-electron chi connectivity index (χ3n) is 1.50. The number of nitrogens with one attached hydrogen (secondary N) is 1. The fourth-order valence-electron chi connectivity index (χ4n) is 0.413. The van der Waals surface area contributed by atoms with E-state index in [0.717, 1.165) is 0 Å². The summed E-state index contributed by atoms with van der Waals surface area (Å²) in [5.41, 5.74) is 6.63. The van der Waals surface area contributed by atoms with E-state index >= 15 is 0 Å². The van der Waals surface area contributed by atoms with Gasteiger partial charge in [-0.2, -0.15) is 0 Å². The van der Waals surface area contributed by atoms with Crippen LogP contribution in [0.4, 0.5) is 0 Å². The molecule has 1 atom stereocenters. The van der Waals surface area contributed by atoms with Crippen molar-refractivity contribution in [2.24, 2.45) is 16.6 Å². The summed E-state index contributed by atoms with van der Waals surface area (Å²) in [5.74, 6) is 5.09. The second-order valence-electron chi connectivity index (χ2n) is 2.70. The number of aliphatic hydroxyl groups is 1. The Kier molecular flexibility index (Phi) is 3.84. The number of hydrogen-bond donors (Lipinski definition) is 4. The first-order chi connectivity index (χ1) is 5.02. The van der Waals surface area contributed by atoms with Gasteiger partial charge < -0.3 is 10.8 Å². The lowest BCUT2D eigenvalue weighted by Gasteiger charge is -2.18. The van der Waals surface area contributed by atoms with Gasteiger partial charge in [0.15, 0.2) is 0 Å². The van der Waals surface area contributed by atoms with Crippen LogP contribution in [0.15, 0.2) is 4.99 Å². The molecule has 6 N–H and O–H groups in total. The molecule has 0 spiro atoms. The number of hydrazine groups is 1. The number of aliphatic imine (C=N–C) groups is 1. The summed E-state index contributed by atoms with van der Waals surface area (Å²) in [7, 11) is 0. The van der Waals surface area contributed by atoms with Crippen molar-refractivity contribution in [1.82, 2.24) is 5.43 Å². The molecule has 5 nitrogen and oxygen atoms in total. The Balaban J connectivity index is 3.86. The molecule has 0 aliphatic carbocycles. The highest BCUT2D eigenvalue weighted by molar-refractivity contribution is 5.77. The van der Waals surface area contributed by atoms with Crippen LogP contribution in [0.1, 0.15) is 20.3 Å². The van der Waals surface area contributed by atoms with Gasteiger partial charge in [0.05, 0.1) is 12.1 Å². The minimum absolute atomic E-state index is 0.138. The average molecular weight is 160 g/mol. The van der Waals surface area contributed by atoms with E-state index in [0.29, 0.717) is 6.42 Å². The lowest BCUT2D eigenvalue weighted by molar-refractivity contribution is 0.0657. The van der Waals surface area contributed by atoms with Crippen molar-refractivity contribution in [2.45, 2.75) is 25.9 Å². The third kappa shape index (κ3) is 4.58. The van der Waals surface area contributed by atoms with Crippen LogP contribution in [0, 0.1) is 0 Å². The van der Waals surface area contributed by atoms with Crippen LogP contribution in [-0.2, 0) is 0 Å². The zero-order chi connectivity index (χ0) is 8.91. The minimum Gasteiger partial charge on any atom is -0.388 e. The molecule has 0 heterocycles. The van der Waals surface area contributed by atoms with Crippen molar-refractivity contribution < 1.29 is 5.11 Å². The predicted molar refractivity (Wildman–Crippen MR) is 44.7 cm³/mol. The van der Waals surface area contributed by atoms with Crippen LogP contribution in [-0.4, -0.2) is 23.2 Å². The molecule has 0 saturated carbocycles. The number of nitrogens with two attached hydrogens (primary N) is 2. The zero-order valence-corrected chi connectivity index (χ0v) is 6.96. The molecule has 5 heteroatoms. The normalized spacial score (nSPS) is 17.6. The molecule has 0 aromatic rings. The van der Waals surface area contributed by atoms with Crippen molar-refractivity contribution in [2.75, 3.05) is 6.54 Å². The van der Waals surface area contributed by atoms with Crippen LogP contribution >= 0.6 is 0 Å². The SMILES string of the molecule is CCC(C)(O)CN=C(N)NN. The van der Waals surface area contributed by atoms with E-state index in [-0.39, 0.29) is 12.5 Å². The average Bonchev–Trinajstić information content (AvgIpc) is 2.00. The molecule has 66 valence electrons. The summed E-state index contributed by atoms with van der Waals surface area (Å²) in [6.07, 6.45) is 0.633. The van der Waals surface area contributed by atoms with E-state index < -0.39 is 5.60 Å². The first-order valence-electron chi connectivity index (χ1n) is 3.51. The second-order valence-corrected chi connectivity index (χ2v) is 2.70. The number of rotatable bonds is 3. The number of hydrogen-bond acceptors (Lipinski definition) is 3. The molecule has 11 heavy (non-hydrogen) atoms. The third-order valence-corrected chi connectivity index (χ3v) is 1.50. The van der Waals surface area contributed by atoms with Gasteiger partial charge in [-0.3, -0.25) is 5.43 Å². The maximum Gasteiger partial charge on any atom is 0.203 e. The fourth-order valence-corrected chi connectivity index (χ4v) is 0.413. The highest BCUT2D eigenvalue weighted by Gasteiger charge is 2.16. The molecule has 0 radical (unpaired) electrons. The Bertz CT molecular complexity index is 144. The van der Waals surface area contributed by atoms with Crippen molar-refractivity contribution in [3.63, 3.8) is 0 Å². The Morgan fingerprint density at radius 2 is 2.27 bits per heavy atom. The van der Waals surface area contributed by atoms with Crippen LogP contribution in [0.3, 0.4) is 0 Å². The van der Waals surface area contributed by atoms with Crippen molar-refractivity contribution in [1.29, 1.82) is 0 Å². The molecule has 0 aromatic heterocycles. The predicted octanol–water partition coefficient (Wildman–Crippen LogP) is -1.07. The van der Waals surface area contributed by atoms with Gasteiger partial charge in [-0.25, -0.2) is 10.8 Å². The van der Waals surface area contributed by atoms with E-state index in [1.807, 2.05) is 6.92 Å². The Morgan fingerprint density at radius 3 is 2.64 bits per heavy atom. The maximum atomic E-state index is 9.44. The molecule has 0 aliphatic rings. The Hall–Kier alpha value is -0.810. The van der Waals surface area contributed by atoms with Gasteiger partial charge in [-0.15, -0.1) is 0 Å². The topological polar surface area (TPSA) is 96.7 Å². The molecule has 0 bridgehead atoms. The molecular formula is C6H16N4O. The highest BCUT2D eigenvalue weighted by Crippen LogP contribution is 2.07. The largest absolute Gasteiger partial charge is 0.388 e. The molecule has 0 rings (SSSR count). The van der Waals surface area contributed by atoms with Crippen LogP contribution < -0.4 is 17.0 Å². The summed E-state index contributed by atoms with van der Waals surface area (Å²) in [5, 5.41) is 9.44. The summed E-state index contributed by atoms with van der Waals surface area (Å²) in [4.78, 5) is 3.79. The van der Waals surface area contributed by atoms with E-state index in [1.54, 1.807) is 6.92 Å². The van der Waals surface area contributed by atoms with E-state index in [9.17, 15) is 5.11 Å². The number of nitrogens with zero attached hydrogens (tertiary/aromatic N) is 1. The molecule has 1 unspecified atom stereocenters. The smallest absolute Gasteiger partial charge is 0.203 e.